The number of aromatic carboxylic acids is 1. The summed E-state index contributed by atoms with van der Waals surface area (Å²) >= 11 is 3.22. The number of nitrogens with zero attached hydrogens (tertiary/aromatic N) is 2. The molecular formula is C28H38N2O3S2. The van der Waals surface area contributed by atoms with E-state index in [1.165, 1.54) is 16.2 Å². The van der Waals surface area contributed by atoms with Gasteiger partial charge in [0.25, 0.3) is 0 Å². The van der Waals surface area contributed by atoms with Crippen molar-refractivity contribution in [2.24, 2.45) is 11.8 Å². The molecule has 0 spiro atoms. The Bertz CT molecular complexity index is 1010. The number of carboxylic acids is 1. The SMILES string of the molecule is CC1CCC(C(=O)N(c2cc(C(C)(C)C)sc2C(=O)O)C2CCC(Sc3ccncc3)CC2)CC1. The molecule has 0 saturated heterocycles. The third-order valence-corrected chi connectivity index (χ3v) is 10.4. The van der Waals surface area contributed by atoms with Gasteiger partial charge in [-0.2, -0.15) is 0 Å². The van der Waals surface area contributed by atoms with Gasteiger partial charge < -0.3 is 10.0 Å². The zero-order valence-corrected chi connectivity index (χ0v) is 23.0. The highest BCUT2D eigenvalue weighted by Crippen LogP contribution is 2.43. The molecule has 2 aromatic rings. The van der Waals surface area contributed by atoms with Crippen molar-refractivity contribution in [1.82, 2.24) is 4.98 Å². The van der Waals surface area contributed by atoms with Crippen LogP contribution in [0.25, 0.3) is 0 Å². The number of hydrogen-bond acceptors (Lipinski definition) is 5. The zero-order valence-electron chi connectivity index (χ0n) is 21.3. The third kappa shape index (κ3) is 6.29. The number of thioether (sulfide) groups is 1. The van der Waals surface area contributed by atoms with Gasteiger partial charge in [-0.1, -0.05) is 27.7 Å². The maximum atomic E-state index is 14.0. The molecule has 7 heteroatoms. The average Bonchev–Trinajstić information content (AvgIpc) is 3.27. The monoisotopic (exact) mass is 514 g/mol. The van der Waals surface area contributed by atoms with Crippen molar-refractivity contribution in [1.29, 1.82) is 0 Å². The molecule has 2 aliphatic rings. The fourth-order valence-corrected chi connectivity index (χ4v) is 7.53. The maximum Gasteiger partial charge on any atom is 0.348 e. The van der Waals surface area contributed by atoms with Crippen LogP contribution in [0, 0.1) is 11.8 Å². The Balaban J connectivity index is 1.60. The van der Waals surface area contributed by atoms with Crippen LogP contribution in [0.4, 0.5) is 5.69 Å². The van der Waals surface area contributed by atoms with Crippen LogP contribution in [0.2, 0.25) is 0 Å². The molecule has 2 aromatic heterocycles. The molecule has 190 valence electrons. The Morgan fingerprint density at radius 3 is 2.23 bits per heavy atom. The van der Waals surface area contributed by atoms with Crippen molar-refractivity contribution < 1.29 is 14.7 Å². The van der Waals surface area contributed by atoms with Crippen molar-refractivity contribution >= 4 is 40.7 Å². The summed E-state index contributed by atoms with van der Waals surface area (Å²) in [4.78, 5) is 34.9. The number of pyridine rings is 1. The predicted octanol–water partition coefficient (Wildman–Crippen LogP) is 7.40. The standard InChI is InChI=1S/C28H38N2O3S2/c1-18-5-7-19(8-6-18)26(31)30(23-17-24(28(2,3)4)35-25(23)27(32)33)20-9-11-21(12-10-20)34-22-13-15-29-16-14-22/h13-21H,5-12H2,1-4H3,(H,32,33). The second-order valence-electron chi connectivity index (χ2n) is 11.3. The summed E-state index contributed by atoms with van der Waals surface area (Å²) in [6.07, 6.45) is 11.4. The summed E-state index contributed by atoms with van der Waals surface area (Å²) in [5.41, 5.74) is 0.460. The van der Waals surface area contributed by atoms with Crippen molar-refractivity contribution in [2.75, 3.05) is 4.90 Å². The summed E-state index contributed by atoms with van der Waals surface area (Å²) in [5.74, 6) is -0.133. The highest BCUT2D eigenvalue weighted by molar-refractivity contribution is 8.00. The molecule has 2 fully saturated rings. The van der Waals surface area contributed by atoms with E-state index in [1.807, 2.05) is 35.1 Å². The number of aromatic nitrogens is 1. The molecule has 0 atom stereocenters. The first-order valence-electron chi connectivity index (χ1n) is 12.9. The molecule has 0 aliphatic heterocycles. The molecule has 2 saturated carbocycles. The van der Waals surface area contributed by atoms with Gasteiger partial charge in [-0.15, -0.1) is 23.1 Å². The number of carbonyl (C=O) groups excluding carboxylic acids is 1. The highest BCUT2D eigenvalue weighted by Gasteiger charge is 2.38. The molecule has 35 heavy (non-hydrogen) atoms. The molecule has 1 N–H and O–H groups in total. The minimum absolute atomic E-state index is 0.00486. The van der Waals surface area contributed by atoms with Gasteiger partial charge in [-0.25, -0.2) is 4.79 Å². The summed E-state index contributed by atoms with van der Waals surface area (Å²) in [6.45, 7) is 8.57. The van der Waals surface area contributed by atoms with E-state index in [0.29, 0.717) is 21.7 Å². The molecule has 2 aliphatic carbocycles. The summed E-state index contributed by atoms with van der Waals surface area (Å²) in [6, 6.07) is 6.15. The number of thiophene rings is 1. The van der Waals surface area contributed by atoms with Crippen LogP contribution in [0.3, 0.4) is 0 Å². The van der Waals surface area contributed by atoms with E-state index in [-0.39, 0.29) is 23.3 Å². The summed E-state index contributed by atoms with van der Waals surface area (Å²) in [5, 5.41) is 10.6. The molecule has 0 unspecified atom stereocenters. The molecular weight excluding hydrogens is 476 g/mol. The van der Waals surface area contributed by atoms with Crippen LogP contribution in [-0.4, -0.2) is 33.3 Å². The van der Waals surface area contributed by atoms with Crippen LogP contribution in [0.1, 0.15) is 93.6 Å². The lowest BCUT2D eigenvalue weighted by Gasteiger charge is -2.39. The Kier molecular flexibility index (Phi) is 8.26. The Hall–Kier alpha value is -1.86. The first-order valence-corrected chi connectivity index (χ1v) is 14.6. The lowest BCUT2D eigenvalue weighted by atomic mass is 9.81. The predicted molar refractivity (Wildman–Crippen MR) is 145 cm³/mol. The van der Waals surface area contributed by atoms with Gasteiger partial charge in [0.2, 0.25) is 5.91 Å². The van der Waals surface area contributed by atoms with Gasteiger partial charge in [0.05, 0.1) is 5.69 Å². The quantitative estimate of drug-likeness (QED) is 0.435. The minimum Gasteiger partial charge on any atom is -0.477 e. The maximum absolute atomic E-state index is 14.0. The zero-order chi connectivity index (χ0) is 25.2. The van der Waals surface area contributed by atoms with Crippen molar-refractivity contribution in [2.45, 2.75) is 101 Å². The first kappa shape index (κ1) is 26.2. The Labute approximate surface area is 217 Å². The van der Waals surface area contributed by atoms with Crippen molar-refractivity contribution in [3.63, 3.8) is 0 Å². The molecule has 2 heterocycles. The van der Waals surface area contributed by atoms with Crippen LogP contribution in [-0.2, 0) is 10.2 Å². The number of hydrogen-bond donors (Lipinski definition) is 1. The smallest absolute Gasteiger partial charge is 0.348 e. The van der Waals surface area contributed by atoms with Gasteiger partial charge in [0, 0.05) is 39.4 Å². The van der Waals surface area contributed by atoms with Crippen molar-refractivity contribution in [3.8, 4) is 0 Å². The average molecular weight is 515 g/mol. The largest absolute Gasteiger partial charge is 0.477 e. The molecule has 1 amide bonds. The van der Waals surface area contributed by atoms with Crippen LogP contribution in [0.5, 0.6) is 0 Å². The highest BCUT2D eigenvalue weighted by atomic mass is 32.2. The molecule has 0 radical (unpaired) electrons. The molecule has 5 nitrogen and oxygen atoms in total. The van der Waals surface area contributed by atoms with Crippen molar-refractivity contribution in [3.05, 3.63) is 40.3 Å². The summed E-state index contributed by atoms with van der Waals surface area (Å²) < 4.78 is 0. The van der Waals surface area contributed by atoms with E-state index in [1.54, 1.807) is 0 Å². The number of rotatable bonds is 6. The van der Waals surface area contributed by atoms with E-state index in [4.69, 9.17) is 0 Å². The number of carboxylic acid groups (broad SMARTS) is 1. The number of carbonyl (C=O) groups is 2. The lowest BCUT2D eigenvalue weighted by Crippen LogP contribution is -2.46. The van der Waals surface area contributed by atoms with Crippen LogP contribution >= 0.6 is 23.1 Å². The van der Waals surface area contributed by atoms with Crippen LogP contribution in [0.15, 0.2) is 35.5 Å². The van der Waals surface area contributed by atoms with Gasteiger partial charge in [0.1, 0.15) is 4.88 Å². The fourth-order valence-electron chi connectivity index (χ4n) is 5.31. The van der Waals surface area contributed by atoms with Gasteiger partial charge in [-0.05, 0) is 80.9 Å². The number of anilines is 1. The van der Waals surface area contributed by atoms with E-state index >= 15 is 0 Å². The minimum atomic E-state index is -0.933. The van der Waals surface area contributed by atoms with E-state index in [9.17, 15) is 14.7 Å². The van der Waals surface area contributed by atoms with E-state index < -0.39 is 5.97 Å². The second-order valence-corrected chi connectivity index (χ2v) is 13.7. The third-order valence-electron chi connectivity index (χ3n) is 7.47. The van der Waals surface area contributed by atoms with E-state index in [0.717, 1.165) is 56.2 Å². The lowest BCUT2D eigenvalue weighted by molar-refractivity contribution is -0.124. The molecule has 0 aromatic carbocycles. The molecule has 0 bridgehead atoms. The van der Waals surface area contributed by atoms with Crippen LogP contribution < -0.4 is 4.90 Å². The van der Waals surface area contributed by atoms with Gasteiger partial charge in [0.15, 0.2) is 0 Å². The second kappa shape index (κ2) is 11.0. The first-order chi connectivity index (χ1) is 16.6. The van der Waals surface area contributed by atoms with E-state index in [2.05, 4.69) is 44.8 Å². The Morgan fingerprint density at radius 2 is 1.66 bits per heavy atom. The fraction of sp³-hybridized carbons (Fsp3) is 0.607. The topological polar surface area (TPSA) is 70.5 Å². The summed E-state index contributed by atoms with van der Waals surface area (Å²) in [7, 11) is 0. The Morgan fingerprint density at radius 1 is 1.03 bits per heavy atom. The van der Waals surface area contributed by atoms with Gasteiger partial charge in [-0.3, -0.25) is 9.78 Å². The number of amides is 1. The normalized spacial score (nSPS) is 25.3. The molecule has 4 rings (SSSR count). The van der Waals surface area contributed by atoms with Gasteiger partial charge >= 0.3 is 5.97 Å².